The third-order valence-electron chi connectivity index (χ3n) is 1.50. The van der Waals surface area contributed by atoms with Crippen molar-refractivity contribution in [2.24, 2.45) is 0 Å². The summed E-state index contributed by atoms with van der Waals surface area (Å²) >= 11 is 5.86. The van der Waals surface area contributed by atoms with Crippen LogP contribution < -0.4 is 10.5 Å². The van der Waals surface area contributed by atoms with E-state index in [1.54, 1.807) is 7.11 Å². The lowest BCUT2D eigenvalue weighted by molar-refractivity contribution is -0.386. The summed E-state index contributed by atoms with van der Waals surface area (Å²) in [6, 6.07) is 5.67. The molecule has 4 heteroatoms. The molecule has 0 heterocycles. The number of rotatable bonds is 2. The van der Waals surface area contributed by atoms with Gasteiger partial charge >= 0.3 is 0 Å². The molecule has 0 atom stereocenters. The lowest BCUT2D eigenvalue weighted by Crippen LogP contribution is -2.47. The van der Waals surface area contributed by atoms with Gasteiger partial charge in [0.15, 0.2) is 0 Å². The Balaban J connectivity index is 0.00000121. The molecule has 3 N–H and O–H groups in total. The summed E-state index contributed by atoms with van der Waals surface area (Å²) in [6.45, 7) is 0.754. The van der Waals surface area contributed by atoms with Crippen LogP contribution >= 0.6 is 24.0 Å². The largest absolute Gasteiger partial charge is 0.495 e. The molecule has 0 amide bonds. The van der Waals surface area contributed by atoms with Crippen molar-refractivity contribution in [1.29, 1.82) is 0 Å². The monoisotopic (exact) mass is 208 g/mol. The van der Waals surface area contributed by atoms with Gasteiger partial charge in [-0.25, -0.2) is 0 Å². The molecule has 0 radical (unpaired) electrons. The normalized spacial score (nSPS) is 8.92. The van der Waals surface area contributed by atoms with Crippen molar-refractivity contribution in [3.05, 3.63) is 28.8 Å². The van der Waals surface area contributed by atoms with Gasteiger partial charge in [-0.05, 0) is 18.2 Å². The van der Waals surface area contributed by atoms with Crippen LogP contribution in [-0.4, -0.2) is 7.11 Å². The Bertz CT molecular complexity index is 253. The number of methoxy groups -OCH3 is 1. The van der Waals surface area contributed by atoms with Crippen LogP contribution in [0.15, 0.2) is 18.2 Å². The summed E-state index contributed by atoms with van der Waals surface area (Å²) < 4.78 is 4.99. The van der Waals surface area contributed by atoms with Gasteiger partial charge in [-0.15, -0.1) is 12.4 Å². The predicted octanol–water partition coefficient (Wildman–Crippen LogP) is 1.51. The number of hydrogen-bond acceptors (Lipinski definition) is 1. The average molecular weight is 209 g/mol. The molecule has 0 saturated carbocycles. The third-order valence-corrected chi connectivity index (χ3v) is 1.80. The van der Waals surface area contributed by atoms with Crippen LogP contribution in [0.2, 0.25) is 5.02 Å². The van der Waals surface area contributed by atoms with E-state index in [-0.39, 0.29) is 12.4 Å². The summed E-state index contributed by atoms with van der Waals surface area (Å²) in [5.74, 6) is 0.712. The van der Waals surface area contributed by atoms with Gasteiger partial charge in [-0.1, -0.05) is 11.6 Å². The molecule has 1 aromatic rings. The minimum atomic E-state index is 0. The van der Waals surface area contributed by atoms with Crippen molar-refractivity contribution < 1.29 is 10.5 Å². The van der Waals surface area contributed by atoms with Gasteiger partial charge in [-0.2, -0.15) is 0 Å². The van der Waals surface area contributed by atoms with Crippen LogP contribution in [0.1, 0.15) is 5.56 Å². The molecule has 1 aromatic carbocycles. The summed E-state index contributed by atoms with van der Waals surface area (Å²) in [6.07, 6.45) is 0. The fraction of sp³-hybridized carbons (Fsp3) is 0.250. The van der Waals surface area contributed by atoms with Gasteiger partial charge in [0.25, 0.3) is 0 Å². The fourth-order valence-corrected chi connectivity index (χ4v) is 1.15. The van der Waals surface area contributed by atoms with Crippen molar-refractivity contribution in [3.8, 4) is 5.75 Å². The summed E-state index contributed by atoms with van der Waals surface area (Å²) in [5.41, 5.74) is 4.87. The molecule has 2 nitrogen and oxygen atoms in total. The smallest absolute Gasteiger partial charge is 0.137 e. The van der Waals surface area contributed by atoms with Crippen LogP contribution in [0, 0.1) is 0 Å². The zero-order valence-corrected chi connectivity index (χ0v) is 8.41. The summed E-state index contributed by atoms with van der Waals surface area (Å²) in [5, 5.41) is 0.647. The maximum atomic E-state index is 5.86. The Labute approximate surface area is 83.1 Å². The highest BCUT2D eigenvalue weighted by atomic mass is 35.5. The van der Waals surface area contributed by atoms with Crippen molar-refractivity contribution in [2.45, 2.75) is 6.54 Å². The molecule has 0 aliphatic carbocycles. The van der Waals surface area contributed by atoms with Crippen LogP contribution in [0.3, 0.4) is 0 Å². The van der Waals surface area contributed by atoms with Crippen molar-refractivity contribution in [1.82, 2.24) is 0 Å². The second-order valence-corrected chi connectivity index (χ2v) is 2.63. The molecular weight excluding hydrogens is 197 g/mol. The van der Waals surface area contributed by atoms with Crippen molar-refractivity contribution in [2.75, 3.05) is 7.11 Å². The SMILES string of the molecule is COc1ccc(C[NH3+])cc1Cl.Cl. The lowest BCUT2D eigenvalue weighted by Gasteiger charge is -2.02. The van der Waals surface area contributed by atoms with E-state index in [0.29, 0.717) is 10.8 Å². The van der Waals surface area contributed by atoms with E-state index in [1.165, 1.54) is 0 Å². The molecule has 0 aromatic heterocycles. The van der Waals surface area contributed by atoms with E-state index < -0.39 is 0 Å². The highest BCUT2D eigenvalue weighted by molar-refractivity contribution is 6.32. The number of quaternary nitrogens is 1. The average Bonchev–Trinajstić information content (AvgIpc) is 2.04. The Morgan fingerprint density at radius 3 is 2.58 bits per heavy atom. The van der Waals surface area contributed by atoms with Crippen LogP contribution in [-0.2, 0) is 6.54 Å². The molecule has 0 unspecified atom stereocenters. The minimum absolute atomic E-state index is 0. The zero-order chi connectivity index (χ0) is 8.27. The Kier molecular flexibility index (Phi) is 5.06. The van der Waals surface area contributed by atoms with E-state index in [9.17, 15) is 0 Å². The first-order valence-corrected chi connectivity index (χ1v) is 3.77. The molecule has 0 spiro atoms. The number of ether oxygens (including phenoxy) is 1. The van der Waals surface area contributed by atoms with Gasteiger partial charge in [-0.3, -0.25) is 0 Å². The standard InChI is InChI=1S/C8H10ClNO.ClH/c1-11-8-3-2-6(5-10)4-7(8)9;/h2-4H,5,10H2,1H3;1H/p+1. The molecule has 0 aliphatic rings. The first-order valence-electron chi connectivity index (χ1n) is 3.39. The first-order chi connectivity index (χ1) is 5.27. The van der Waals surface area contributed by atoms with E-state index in [1.807, 2.05) is 18.2 Å². The van der Waals surface area contributed by atoms with Crippen molar-refractivity contribution >= 4 is 24.0 Å². The summed E-state index contributed by atoms with van der Waals surface area (Å²) in [4.78, 5) is 0. The Morgan fingerprint density at radius 2 is 2.17 bits per heavy atom. The van der Waals surface area contributed by atoms with Crippen LogP contribution in [0.5, 0.6) is 5.75 Å². The van der Waals surface area contributed by atoms with E-state index in [0.717, 1.165) is 12.1 Å². The van der Waals surface area contributed by atoms with Gasteiger partial charge in [0.05, 0.1) is 18.7 Å². The lowest BCUT2D eigenvalue weighted by atomic mass is 10.2. The van der Waals surface area contributed by atoms with Gasteiger partial charge in [0.2, 0.25) is 0 Å². The maximum Gasteiger partial charge on any atom is 0.137 e. The van der Waals surface area contributed by atoms with E-state index >= 15 is 0 Å². The zero-order valence-electron chi connectivity index (χ0n) is 6.84. The number of hydrogen-bond donors (Lipinski definition) is 1. The molecule has 1 rings (SSSR count). The third kappa shape index (κ3) is 2.55. The molecular formula is C8H12Cl2NO+. The van der Waals surface area contributed by atoms with E-state index in [4.69, 9.17) is 16.3 Å². The van der Waals surface area contributed by atoms with Gasteiger partial charge in [0.1, 0.15) is 5.75 Å². The molecule has 0 fully saturated rings. The molecule has 0 saturated heterocycles. The van der Waals surface area contributed by atoms with Crippen LogP contribution in [0.4, 0.5) is 0 Å². The quantitative estimate of drug-likeness (QED) is 0.787. The molecule has 12 heavy (non-hydrogen) atoms. The van der Waals surface area contributed by atoms with Gasteiger partial charge in [0, 0.05) is 5.56 Å². The fourth-order valence-electron chi connectivity index (χ4n) is 0.865. The summed E-state index contributed by atoms with van der Waals surface area (Å²) in [7, 11) is 1.60. The molecule has 0 aliphatic heterocycles. The second kappa shape index (κ2) is 5.25. The minimum Gasteiger partial charge on any atom is -0.495 e. The van der Waals surface area contributed by atoms with Crippen LogP contribution in [0.25, 0.3) is 0 Å². The Hall–Kier alpha value is -0.440. The number of benzene rings is 1. The van der Waals surface area contributed by atoms with Crippen molar-refractivity contribution in [3.63, 3.8) is 0 Å². The van der Waals surface area contributed by atoms with E-state index in [2.05, 4.69) is 5.73 Å². The Morgan fingerprint density at radius 1 is 1.50 bits per heavy atom. The first kappa shape index (κ1) is 11.6. The van der Waals surface area contributed by atoms with Gasteiger partial charge < -0.3 is 10.5 Å². The predicted molar refractivity (Wildman–Crippen MR) is 51.8 cm³/mol. The topological polar surface area (TPSA) is 36.9 Å². The molecule has 0 bridgehead atoms. The number of halogens is 2. The molecule has 68 valence electrons. The second-order valence-electron chi connectivity index (χ2n) is 2.22. The highest BCUT2D eigenvalue weighted by Crippen LogP contribution is 2.24. The maximum absolute atomic E-state index is 5.86. The highest BCUT2D eigenvalue weighted by Gasteiger charge is 2.00.